The third-order valence-electron chi connectivity index (χ3n) is 5.36. The summed E-state index contributed by atoms with van der Waals surface area (Å²) >= 11 is 0. The van der Waals surface area contributed by atoms with E-state index in [1.165, 1.54) is 11.2 Å². The lowest BCUT2D eigenvalue weighted by molar-refractivity contribution is 0.199. The molecule has 3 heterocycles. The SMILES string of the molecule is O=C(Nc1ccc(Oc2ccccc2)nc1)N1N=C(c2cccnc2)CC1c1ccccc1O. The van der Waals surface area contributed by atoms with E-state index >= 15 is 0 Å². The molecule has 0 radical (unpaired) electrons. The highest BCUT2D eigenvalue weighted by Crippen LogP contribution is 2.37. The first kappa shape index (κ1) is 21.1. The van der Waals surface area contributed by atoms with Gasteiger partial charge in [0.05, 0.1) is 23.6 Å². The summed E-state index contributed by atoms with van der Waals surface area (Å²) in [4.78, 5) is 21.6. The summed E-state index contributed by atoms with van der Waals surface area (Å²) < 4.78 is 5.70. The Kier molecular flexibility index (Phi) is 5.85. The minimum Gasteiger partial charge on any atom is -0.508 e. The molecule has 8 heteroatoms. The van der Waals surface area contributed by atoms with Crippen molar-refractivity contribution in [2.24, 2.45) is 5.10 Å². The van der Waals surface area contributed by atoms with Crippen molar-refractivity contribution in [3.05, 3.63) is 109 Å². The largest absolute Gasteiger partial charge is 0.508 e. The molecule has 4 aromatic rings. The molecule has 8 nitrogen and oxygen atoms in total. The van der Waals surface area contributed by atoms with Crippen LogP contribution in [0.25, 0.3) is 0 Å². The van der Waals surface area contributed by atoms with Gasteiger partial charge in [0.25, 0.3) is 0 Å². The summed E-state index contributed by atoms with van der Waals surface area (Å²) in [5.41, 5.74) is 2.64. The molecule has 1 aliphatic heterocycles. The van der Waals surface area contributed by atoms with Gasteiger partial charge in [-0.1, -0.05) is 42.5 Å². The summed E-state index contributed by atoms with van der Waals surface area (Å²) in [5, 5.41) is 19.2. The van der Waals surface area contributed by atoms with Gasteiger partial charge in [-0.25, -0.2) is 14.8 Å². The number of hydrogen-bond donors (Lipinski definition) is 2. The zero-order valence-electron chi connectivity index (χ0n) is 18.1. The number of hydrogen-bond acceptors (Lipinski definition) is 6. The third kappa shape index (κ3) is 4.56. The van der Waals surface area contributed by atoms with Gasteiger partial charge in [0.2, 0.25) is 5.88 Å². The van der Waals surface area contributed by atoms with Crippen LogP contribution < -0.4 is 10.1 Å². The van der Waals surface area contributed by atoms with E-state index in [1.807, 2.05) is 48.5 Å². The Morgan fingerprint density at radius 3 is 2.53 bits per heavy atom. The number of amides is 2. The van der Waals surface area contributed by atoms with Gasteiger partial charge >= 0.3 is 6.03 Å². The number of carbonyl (C=O) groups excluding carboxylic acids is 1. The second-order valence-electron chi connectivity index (χ2n) is 7.64. The molecule has 0 fully saturated rings. The van der Waals surface area contributed by atoms with Crippen LogP contribution >= 0.6 is 0 Å². The number of carbonyl (C=O) groups is 1. The molecule has 0 saturated carbocycles. The average molecular weight is 451 g/mol. The van der Waals surface area contributed by atoms with Crippen LogP contribution in [-0.4, -0.2) is 31.8 Å². The summed E-state index contributed by atoms with van der Waals surface area (Å²) in [7, 11) is 0. The first-order valence-electron chi connectivity index (χ1n) is 10.7. The minimum absolute atomic E-state index is 0.108. The number of nitrogens with zero attached hydrogens (tertiary/aromatic N) is 4. The smallest absolute Gasteiger partial charge is 0.342 e. The number of rotatable bonds is 5. The quantitative estimate of drug-likeness (QED) is 0.426. The molecular weight excluding hydrogens is 430 g/mol. The number of pyridine rings is 2. The van der Waals surface area contributed by atoms with Gasteiger partial charge in [0, 0.05) is 36.0 Å². The summed E-state index contributed by atoms with van der Waals surface area (Å²) in [5.74, 6) is 1.19. The molecule has 1 unspecified atom stereocenters. The van der Waals surface area contributed by atoms with E-state index < -0.39 is 12.1 Å². The average Bonchev–Trinajstić information content (AvgIpc) is 3.32. The Morgan fingerprint density at radius 2 is 1.79 bits per heavy atom. The van der Waals surface area contributed by atoms with E-state index in [2.05, 4.69) is 20.4 Å². The maximum atomic E-state index is 13.2. The second kappa shape index (κ2) is 9.41. The molecule has 2 aromatic carbocycles. The van der Waals surface area contributed by atoms with Crippen LogP contribution in [0.5, 0.6) is 17.4 Å². The number of phenols is 1. The molecular formula is C26H21N5O3. The monoisotopic (exact) mass is 451 g/mol. The van der Waals surface area contributed by atoms with Crippen molar-refractivity contribution in [2.45, 2.75) is 12.5 Å². The van der Waals surface area contributed by atoms with E-state index in [-0.39, 0.29) is 5.75 Å². The first-order chi connectivity index (χ1) is 16.7. The lowest BCUT2D eigenvalue weighted by Crippen LogP contribution is -2.31. The number of anilines is 1. The third-order valence-corrected chi connectivity index (χ3v) is 5.36. The first-order valence-corrected chi connectivity index (χ1v) is 10.7. The van der Waals surface area contributed by atoms with E-state index in [0.29, 0.717) is 35.0 Å². The molecule has 2 amide bonds. The number of nitrogens with one attached hydrogen (secondary N) is 1. The Labute approximate surface area is 196 Å². The number of para-hydroxylation sites is 2. The second-order valence-corrected chi connectivity index (χ2v) is 7.64. The van der Waals surface area contributed by atoms with Crippen LogP contribution in [0, 0.1) is 0 Å². The van der Waals surface area contributed by atoms with Crippen LogP contribution in [0.2, 0.25) is 0 Å². The van der Waals surface area contributed by atoms with Crippen LogP contribution in [0.3, 0.4) is 0 Å². The van der Waals surface area contributed by atoms with Crippen molar-refractivity contribution in [2.75, 3.05) is 5.32 Å². The summed E-state index contributed by atoms with van der Waals surface area (Å²) in [6, 6.07) is 22.5. The molecule has 0 saturated heterocycles. The highest BCUT2D eigenvalue weighted by molar-refractivity contribution is 6.04. The van der Waals surface area contributed by atoms with Crippen molar-refractivity contribution >= 4 is 17.4 Å². The highest BCUT2D eigenvalue weighted by Gasteiger charge is 2.34. The molecule has 5 rings (SSSR count). The van der Waals surface area contributed by atoms with Gasteiger partial charge in [-0.2, -0.15) is 5.10 Å². The number of ether oxygens (including phenoxy) is 1. The fourth-order valence-electron chi connectivity index (χ4n) is 3.72. The molecule has 2 N–H and O–H groups in total. The molecule has 1 atom stereocenters. The minimum atomic E-state index is -0.468. The predicted molar refractivity (Wildman–Crippen MR) is 128 cm³/mol. The van der Waals surface area contributed by atoms with Gasteiger partial charge in [-0.3, -0.25) is 4.98 Å². The number of hydrazone groups is 1. The van der Waals surface area contributed by atoms with Crippen LogP contribution in [-0.2, 0) is 0 Å². The number of urea groups is 1. The van der Waals surface area contributed by atoms with Crippen molar-refractivity contribution < 1.29 is 14.6 Å². The van der Waals surface area contributed by atoms with Crippen molar-refractivity contribution in [1.82, 2.24) is 15.0 Å². The van der Waals surface area contributed by atoms with Gasteiger partial charge in [-0.05, 0) is 30.3 Å². The maximum Gasteiger partial charge on any atom is 0.342 e. The lowest BCUT2D eigenvalue weighted by atomic mass is 9.98. The Hall–Kier alpha value is -4.72. The Balaban J connectivity index is 1.36. The molecule has 0 aliphatic carbocycles. The fraction of sp³-hybridized carbons (Fsp3) is 0.0769. The van der Waals surface area contributed by atoms with Crippen LogP contribution in [0.1, 0.15) is 23.6 Å². The van der Waals surface area contributed by atoms with E-state index in [0.717, 1.165) is 5.56 Å². The molecule has 34 heavy (non-hydrogen) atoms. The van der Waals surface area contributed by atoms with Gasteiger partial charge in [-0.15, -0.1) is 0 Å². The van der Waals surface area contributed by atoms with Crippen LogP contribution in [0.4, 0.5) is 10.5 Å². The zero-order chi connectivity index (χ0) is 23.3. The summed E-state index contributed by atoms with van der Waals surface area (Å²) in [6.45, 7) is 0. The molecule has 0 bridgehead atoms. The van der Waals surface area contributed by atoms with Crippen molar-refractivity contribution in [3.8, 4) is 17.4 Å². The van der Waals surface area contributed by atoms with E-state index in [1.54, 1.807) is 42.7 Å². The number of aromatic nitrogens is 2. The van der Waals surface area contributed by atoms with Crippen molar-refractivity contribution in [3.63, 3.8) is 0 Å². The number of phenolic OH excluding ortho intramolecular Hbond substituents is 1. The van der Waals surface area contributed by atoms with Gasteiger partial charge in [0.15, 0.2) is 0 Å². The molecule has 0 spiro atoms. The maximum absolute atomic E-state index is 13.2. The number of benzene rings is 2. The van der Waals surface area contributed by atoms with Gasteiger partial charge in [0.1, 0.15) is 11.5 Å². The topological polar surface area (TPSA) is 99.9 Å². The van der Waals surface area contributed by atoms with Crippen LogP contribution in [0.15, 0.2) is 103 Å². The lowest BCUT2D eigenvalue weighted by Gasteiger charge is -2.23. The number of aromatic hydroxyl groups is 1. The predicted octanol–water partition coefficient (Wildman–Crippen LogP) is 5.36. The standard InChI is InChI=1S/C26H21N5O3/c32-24-11-5-4-10-21(24)23-15-22(18-7-6-14-27-16-18)30-31(23)26(33)29-19-12-13-25(28-17-19)34-20-8-2-1-3-9-20/h1-14,16-17,23,32H,15H2,(H,29,33). The summed E-state index contributed by atoms with van der Waals surface area (Å²) in [6.07, 6.45) is 5.35. The Morgan fingerprint density at radius 1 is 0.971 bits per heavy atom. The molecule has 168 valence electrons. The van der Waals surface area contributed by atoms with Crippen molar-refractivity contribution in [1.29, 1.82) is 0 Å². The van der Waals surface area contributed by atoms with Gasteiger partial charge < -0.3 is 15.2 Å². The van der Waals surface area contributed by atoms with E-state index in [9.17, 15) is 9.90 Å². The van der Waals surface area contributed by atoms with E-state index in [4.69, 9.17) is 4.74 Å². The highest BCUT2D eigenvalue weighted by atomic mass is 16.5. The Bertz CT molecular complexity index is 1310. The molecule has 1 aliphatic rings. The normalized spacial score (nSPS) is 15.0. The molecule has 2 aromatic heterocycles. The fourth-order valence-corrected chi connectivity index (χ4v) is 3.72. The zero-order valence-corrected chi connectivity index (χ0v) is 18.1.